The van der Waals surface area contributed by atoms with Crippen molar-refractivity contribution in [3.63, 3.8) is 0 Å². The largest absolute Gasteiger partial charge is 0.340 e. The van der Waals surface area contributed by atoms with Gasteiger partial charge in [0.2, 0.25) is 5.95 Å². The Morgan fingerprint density at radius 1 is 0.920 bits per heavy atom. The lowest BCUT2D eigenvalue weighted by Crippen LogP contribution is -2.46. The summed E-state index contributed by atoms with van der Waals surface area (Å²) in [6, 6.07) is 9.36. The van der Waals surface area contributed by atoms with Crippen molar-refractivity contribution in [2.75, 3.05) is 31.1 Å². The van der Waals surface area contributed by atoms with Gasteiger partial charge in [-0.3, -0.25) is 4.90 Å². The monoisotopic (exact) mass is 395 g/mol. The minimum absolute atomic E-state index is 0.454. The molecule has 0 bridgehead atoms. The Labute approximate surface area is 160 Å². The molecule has 8 heteroatoms. The van der Waals surface area contributed by atoms with Crippen LogP contribution in [0.3, 0.4) is 0 Å². The number of imidazole rings is 1. The number of nitrogens with one attached hydrogen (secondary N) is 1. The number of benzene rings is 1. The molecule has 1 saturated heterocycles. The van der Waals surface area contributed by atoms with Crippen molar-refractivity contribution in [3.8, 4) is 0 Å². The second-order valence-electron chi connectivity index (χ2n) is 6.11. The van der Waals surface area contributed by atoms with Gasteiger partial charge in [-0.2, -0.15) is 4.98 Å². The Kier molecular flexibility index (Phi) is 4.73. The van der Waals surface area contributed by atoms with Crippen LogP contribution in [0.4, 0.5) is 5.95 Å². The van der Waals surface area contributed by atoms with E-state index in [9.17, 15) is 0 Å². The van der Waals surface area contributed by atoms with Crippen LogP contribution in [0.1, 0.15) is 5.56 Å². The molecule has 0 spiro atoms. The summed E-state index contributed by atoms with van der Waals surface area (Å²) in [6.45, 7) is 4.50. The highest BCUT2D eigenvalue weighted by molar-refractivity contribution is 6.34. The first-order chi connectivity index (χ1) is 12.1. The van der Waals surface area contributed by atoms with E-state index >= 15 is 0 Å². The third kappa shape index (κ3) is 3.85. The van der Waals surface area contributed by atoms with Crippen LogP contribution in [-0.4, -0.2) is 46.0 Å². The van der Waals surface area contributed by atoms with E-state index in [4.69, 9.17) is 34.8 Å². The number of aromatic amines is 1. The predicted molar refractivity (Wildman–Crippen MR) is 103 cm³/mol. The summed E-state index contributed by atoms with van der Waals surface area (Å²) in [7, 11) is 0. The zero-order valence-corrected chi connectivity index (χ0v) is 15.6. The van der Waals surface area contributed by atoms with Crippen LogP contribution in [0, 0.1) is 0 Å². The van der Waals surface area contributed by atoms with Crippen molar-refractivity contribution >= 4 is 51.9 Å². The lowest BCUT2D eigenvalue weighted by molar-refractivity contribution is 0.249. The first kappa shape index (κ1) is 16.9. The molecule has 0 amide bonds. The molecule has 3 aromatic rings. The first-order valence-corrected chi connectivity index (χ1v) is 9.15. The van der Waals surface area contributed by atoms with E-state index in [-0.39, 0.29) is 0 Å². The summed E-state index contributed by atoms with van der Waals surface area (Å²) >= 11 is 18.1. The summed E-state index contributed by atoms with van der Waals surface area (Å²) in [5.41, 5.74) is 2.68. The van der Waals surface area contributed by atoms with Crippen LogP contribution < -0.4 is 4.90 Å². The number of fused-ring (bicyclic) bond motifs is 1. The molecule has 0 unspecified atom stereocenters. The average Bonchev–Trinajstić information content (AvgIpc) is 2.97. The Morgan fingerprint density at radius 3 is 2.36 bits per heavy atom. The Hall–Kier alpha value is -1.53. The van der Waals surface area contributed by atoms with Crippen molar-refractivity contribution in [1.82, 2.24) is 19.9 Å². The topological polar surface area (TPSA) is 48.1 Å². The normalized spacial score (nSPS) is 15.9. The molecular formula is C17H16Cl3N5. The van der Waals surface area contributed by atoms with Crippen LogP contribution in [0.15, 0.2) is 30.3 Å². The molecule has 25 heavy (non-hydrogen) atoms. The van der Waals surface area contributed by atoms with Gasteiger partial charge in [0, 0.05) is 42.8 Å². The Balaban J connectivity index is 1.42. The number of hydrogen-bond donors (Lipinski definition) is 1. The SMILES string of the molecule is Clc1cc(Cl)cc(CN2CCN(c3nc4nc(Cl)ccc4[nH]3)CC2)c1. The maximum atomic E-state index is 6.08. The molecule has 2 aromatic heterocycles. The molecular weight excluding hydrogens is 381 g/mol. The van der Waals surface area contributed by atoms with Crippen LogP contribution in [0.25, 0.3) is 11.2 Å². The van der Waals surface area contributed by atoms with Crippen molar-refractivity contribution in [2.24, 2.45) is 0 Å². The van der Waals surface area contributed by atoms with E-state index in [0.717, 1.165) is 49.8 Å². The number of anilines is 1. The highest BCUT2D eigenvalue weighted by Crippen LogP contribution is 2.22. The van der Waals surface area contributed by atoms with Gasteiger partial charge < -0.3 is 9.88 Å². The second-order valence-corrected chi connectivity index (χ2v) is 7.37. The third-order valence-electron chi connectivity index (χ3n) is 4.30. The fourth-order valence-corrected chi connectivity index (χ4v) is 3.80. The molecule has 4 rings (SSSR count). The van der Waals surface area contributed by atoms with Gasteiger partial charge in [0.1, 0.15) is 5.15 Å². The van der Waals surface area contributed by atoms with Gasteiger partial charge in [0.25, 0.3) is 0 Å². The zero-order chi connectivity index (χ0) is 17.4. The lowest BCUT2D eigenvalue weighted by Gasteiger charge is -2.34. The number of piperazine rings is 1. The van der Waals surface area contributed by atoms with Crippen molar-refractivity contribution in [2.45, 2.75) is 6.54 Å². The lowest BCUT2D eigenvalue weighted by atomic mass is 10.2. The average molecular weight is 397 g/mol. The van der Waals surface area contributed by atoms with Gasteiger partial charge >= 0.3 is 0 Å². The molecule has 0 radical (unpaired) electrons. The summed E-state index contributed by atoms with van der Waals surface area (Å²) in [4.78, 5) is 16.7. The van der Waals surface area contributed by atoms with Gasteiger partial charge in [-0.05, 0) is 35.9 Å². The van der Waals surface area contributed by atoms with Gasteiger partial charge in [-0.25, -0.2) is 4.98 Å². The number of nitrogens with zero attached hydrogens (tertiary/aromatic N) is 4. The zero-order valence-electron chi connectivity index (χ0n) is 13.3. The molecule has 0 aliphatic carbocycles. The number of H-pyrrole nitrogens is 1. The second kappa shape index (κ2) is 7.00. The fourth-order valence-electron chi connectivity index (χ4n) is 3.08. The molecule has 0 saturated carbocycles. The van der Waals surface area contributed by atoms with Gasteiger partial charge in [0.15, 0.2) is 5.65 Å². The van der Waals surface area contributed by atoms with Gasteiger partial charge in [-0.1, -0.05) is 34.8 Å². The Morgan fingerprint density at radius 2 is 1.64 bits per heavy atom. The highest BCUT2D eigenvalue weighted by Gasteiger charge is 2.20. The van der Waals surface area contributed by atoms with E-state index in [1.807, 2.05) is 18.2 Å². The van der Waals surface area contributed by atoms with Crippen LogP contribution in [0.2, 0.25) is 15.2 Å². The third-order valence-corrected chi connectivity index (χ3v) is 4.95. The number of hydrogen-bond acceptors (Lipinski definition) is 4. The number of rotatable bonds is 3. The van der Waals surface area contributed by atoms with E-state index in [2.05, 4.69) is 24.8 Å². The van der Waals surface area contributed by atoms with Crippen LogP contribution in [-0.2, 0) is 6.54 Å². The molecule has 3 heterocycles. The summed E-state index contributed by atoms with van der Waals surface area (Å²) < 4.78 is 0. The van der Waals surface area contributed by atoms with Crippen molar-refractivity contribution in [3.05, 3.63) is 51.1 Å². The molecule has 130 valence electrons. The van der Waals surface area contributed by atoms with Gasteiger partial charge in [0.05, 0.1) is 5.52 Å². The minimum Gasteiger partial charge on any atom is -0.340 e. The molecule has 0 atom stereocenters. The molecule has 1 aliphatic heterocycles. The highest BCUT2D eigenvalue weighted by atomic mass is 35.5. The van der Waals surface area contributed by atoms with E-state index < -0.39 is 0 Å². The van der Waals surface area contributed by atoms with Crippen LogP contribution >= 0.6 is 34.8 Å². The number of halogens is 3. The maximum absolute atomic E-state index is 6.08. The Bertz CT molecular complexity index is 882. The standard InChI is InChI=1S/C17H16Cl3N5/c18-12-7-11(8-13(19)9-12)10-24-3-5-25(6-4-24)17-21-14-1-2-15(20)22-16(14)23-17/h1-2,7-9H,3-6,10H2,(H,21,22,23). The molecule has 1 aliphatic rings. The smallest absolute Gasteiger partial charge is 0.205 e. The minimum atomic E-state index is 0.454. The number of aromatic nitrogens is 3. The number of pyridine rings is 1. The van der Waals surface area contributed by atoms with E-state index in [1.165, 1.54) is 0 Å². The summed E-state index contributed by atoms with van der Waals surface area (Å²) in [5, 5.41) is 1.81. The van der Waals surface area contributed by atoms with Gasteiger partial charge in [-0.15, -0.1) is 0 Å². The van der Waals surface area contributed by atoms with Crippen molar-refractivity contribution in [1.29, 1.82) is 0 Å². The molecule has 1 N–H and O–H groups in total. The molecule has 1 fully saturated rings. The quantitative estimate of drug-likeness (QED) is 0.673. The van der Waals surface area contributed by atoms with Crippen molar-refractivity contribution < 1.29 is 0 Å². The molecule has 1 aromatic carbocycles. The predicted octanol–water partition coefficient (Wildman–Crippen LogP) is 4.24. The van der Waals surface area contributed by atoms with Crippen LogP contribution in [0.5, 0.6) is 0 Å². The first-order valence-electron chi connectivity index (χ1n) is 8.01. The maximum Gasteiger partial charge on any atom is 0.205 e. The molecule has 5 nitrogen and oxygen atoms in total. The summed E-state index contributed by atoms with van der Waals surface area (Å²) in [5.74, 6) is 0.843. The van der Waals surface area contributed by atoms with E-state index in [0.29, 0.717) is 20.8 Å². The summed E-state index contributed by atoms with van der Waals surface area (Å²) in [6.07, 6.45) is 0. The fraction of sp³-hybridized carbons (Fsp3) is 0.294. The van der Waals surface area contributed by atoms with E-state index in [1.54, 1.807) is 12.1 Å².